The predicted molar refractivity (Wildman–Crippen MR) is 139 cm³/mol. The lowest BCUT2D eigenvalue weighted by Gasteiger charge is -2.40. The van der Waals surface area contributed by atoms with E-state index in [1.165, 1.54) is 5.56 Å². The molecule has 1 aromatic carbocycles. The van der Waals surface area contributed by atoms with Crippen molar-refractivity contribution >= 4 is 15.4 Å². The van der Waals surface area contributed by atoms with E-state index in [-0.39, 0.29) is 11.0 Å². The first-order valence-corrected chi connectivity index (χ1v) is 14.8. The van der Waals surface area contributed by atoms with Crippen LogP contribution in [0.1, 0.15) is 72.9 Å². The van der Waals surface area contributed by atoms with Crippen LogP contribution in [0.15, 0.2) is 36.3 Å². The Bertz CT molecular complexity index is 811. The summed E-state index contributed by atoms with van der Waals surface area (Å²) in [7, 11) is -2.36. The molecule has 4 nitrogen and oxygen atoms in total. The molecular weight excluding hydrogens is 413 g/mol. The number of hydrogen-bond acceptors (Lipinski definition) is 4. The third-order valence-corrected chi connectivity index (χ3v) is 12.7. The molecule has 2 N–H and O–H groups in total. The smallest absolute Gasteiger partial charge is 0.417 e. The molecule has 180 valence electrons. The largest absolute Gasteiger partial charge is 0.490 e. The van der Waals surface area contributed by atoms with Crippen LogP contribution in [-0.2, 0) is 19.3 Å². The van der Waals surface area contributed by atoms with Gasteiger partial charge in [-0.25, -0.2) is 0 Å². The van der Waals surface area contributed by atoms with Gasteiger partial charge < -0.3 is 19.5 Å². The number of nitrogens with two attached hydrogens (primary N) is 1. The highest BCUT2D eigenvalue weighted by Crippen LogP contribution is 2.44. The normalized spacial score (nSPS) is 21.3. The molecule has 0 bridgehead atoms. The van der Waals surface area contributed by atoms with E-state index in [9.17, 15) is 0 Å². The van der Waals surface area contributed by atoms with Crippen LogP contribution in [0.2, 0.25) is 18.1 Å². The molecule has 0 unspecified atom stereocenters. The van der Waals surface area contributed by atoms with Crippen molar-refractivity contribution in [2.24, 2.45) is 11.7 Å². The van der Waals surface area contributed by atoms with Crippen molar-refractivity contribution in [2.45, 2.75) is 104 Å². The molecule has 0 aliphatic carbocycles. The zero-order valence-corrected chi connectivity index (χ0v) is 23.4. The highest BCUT2D eigenvalue weighted by molar-refractivity contribution is 6.74. The van der Waals surface area contributed by atoms with Crippen LogP contribution in [0.25, 0.3) is 0 Å². The molecule has 1 aliphatic heterocycles. The first-order valence-electron chi connectivity index (χ1n) is 11.9. The van der Waals surface area contributed by atoms with Gasteiger partial charge in [0.1, 0.15) is 0 Å². The molecule has 1 heterocycles. The Labute approximate surface area is 198 Å². The average molecular weight is 460 g/mol. The van der Waals surface area contributed by atoms with Gasteiger partial charge in [0.25, 0.3) is 0 Å². The van der Waals surface area contributed by atoms with E-state index in [4.69, 9.17) is 19.5 Å². The van der Waals surface area contributed by atoms with E-state index >= 15 is 0 Å². The number of aryl methyl sites for hydroxylation is 1. The van der Waals surface area contributed by atoms with Gasteiger partial charge in [-0.1, -0.05) is 45.0 Å². The van der Waals surface area contributed by atoms with Crippen molar-refractivity contribution in [3.63, 3.8) is 0 Å². The van der Waals surface area contributed by atoms with Crippen LogP contribution in [0.4, 0.5) is 0 Å². The minimum atomic E-state index is -1.87. The maximum Gasteiger partial charge on any atom is 0.490 e. The van der Waals surface area contributed by atoms with E-state index in [0.717, 1.165) is 17.5 Å². The topological polar surface area (TPSA) is 53.7 Å². The Morgan fingerprint density at radius 1 is 1.09 bits per heavy atom. The van der Waals surface area contributed by atoms with Gasteiger partial charge in [-0.05, 0) is 82.7 Å². The van der Waals surface area contributed by atoms with Crippen LogP contribution in [-0.4, -0.2) is 33.2 Å². The molecule has 1 aromatic rings. The van der Waals surface area contributed by atoms with Crippen LogP contribution in [0.3, 0.4) is 0 Å². The first kappa shape index (κ1) is 27.3. The molecular formula is C26H46BNO3Si. The summed E-state index contributed by atoms with van der Waals surface area (Å²) in [5.74, 6) is -0.0666. The summed E-state index contributed by atoms with van der Waals surface area (Å²) in [6.07, 6.45) is 0.761. The summed E-state index contributed by atoms with van der Waals surface area (Å²) in [6, 6.07) is 8.33. The maximum absolute atomic E-state index is 7.11. The average Bonchev–Trinajstić information content (AvgIpc) is 2.85. The molecule has 2 atom stereocenters. The van der Waals surface area contributed by atoms with E-state index in [1.54, 1.807) is 0 Å². The zero-order chi connectivity index (χ0) is 24.8. The molecule has 1 fully saturated rings. The van der Waals surface area contributed by atoms with Gasteiger partial charge in [0, 0.05) is 18.1 Å². The van der Waals surface area contributed by atoms with Crippen LogP contribution < -0.4 is 5.73 Å². The number of hydrogen-bond donors (Lipinski definition) is 1. The molecule has 2 rings (SSSR count). The second-order valence-corrected chi connectivity index (χ2v) is 17.0. The summed E-state index contributed by atoms with van der Waals surface area (Å²) in [5, 5.41) is 0.160. The maximum atomic E-state index is 7.11. The van der Waals surface area contributed by atoms with E-state index in [2.05, 4.69) is 94.1 Å². The van der Waals surface area contributed by atoms with Crippen molar-refractivity contribution in [1.29, 1.82) is 0 Å². The fourth-order valence-corrected chi connectivity index (χ4v) is 5.10. The summed E-state index contributed by atoms with van der Waals surface area (Å²) in [4.78, 5) is 0. The van der Waals surface area contributed by atoms with Crippen molar-refractivity contribution in [3.8, 4) is 0 Å². The fraction of sp³-hybridized carbons (Fsp3) is 0.692. The molecule has 1 saturated heterocycles. The lowest BCUT2D eigenvalue weighted by atomic mass is 9.62. The first-order chi connectivity index (χ1) is 14.3. The molecule has 0 radical (unpaired) electrons. The molecule has 0 aromatic heterocycles. The third-order valence-electron chi connectivity index (χ3n) is 8.13. The summed E-state index contributed by atoms with van der Waals surface area (Å²) in [5.41, 5.74) is 8.81. The molecule has 6 heteroatoms. The van der Waals surface area contributed by atoms with E-state index in [0.29, 0.717) is 6.61 Å². The van der Waals surface area contributed by atoms with Crippen LogP contribution >= 0.6 is 0 Å². The van der Waals surface area contributed by atoms with Crippen molar-refractivity contribution in [3.05, 3.63) is 47.4 Å². The predicted octanol–water partition coefficient (Wildman–Crippen LogP) is 6.38. The van der Waals surface area contributed by atoms with Crippen LogP contribution in [0, 0.1) is 12.8 Å². The highest BCUT2D eigenvalue weighted by atomic mass is 28.4. The van der Waals surface area contributed by atoms with Crippen molar-refractivity contribution in [1.82, 2.24) is 0 Å². The second kappa shape index (κ2) is 9.03. The molecule has 0 amide bonds. The lowest BCUT2D eigenvalue weighted by Crippen LogP contribution is -2.47. The van der Waals surface area contributed by atoms with E-state index in [1.807, 2.05) is 12.1 Å². The summed E-state index contributed by atoms with van der Waals surface area (Å²) in [6.45, 7) is 29.0. The quantitative estimate of drug-likeness (QED) is 0.458. The monoisotopic (exact) mass is 459 g/mol. The zero-order valence-electron chi connectivity index (χ0n) is 22.4. The lowest BCUT2D eigenvalue weighted by molar-refractivity contribution is 0.00578. The minimum Gasteiger partial charge on any atom is -0.417 e. The molecule has 1 aliphatic rings. The Morgan fingerprint density at radius 3 is 2.06 bits per heavy atom. The van der Waals surface area contributed by atoms with Gasteiger partial charge in [-0.15, -0.1) is 6.58 Å². The fourth-order valence-electron chi connectivity index (χ4n) is 4.04. The van der Waals surface area contributed by atoms with Gasteiger partial charge in [-0.2, -0.15) is 0 Å². The van der Waals surface area contributed by atoms with E-state index < -0.39 is 32.2 Å². The Hall–Kier alpha value is -0.918. The van der Waals surface area contributed by atoms with Gasteiger partial charge >= 0.3 is 7.12 Å². The molecule has 0 spiro atoms. The van der Waals surface area contributed by atoms with Crippen molar-refractivity contribution in [2.75, 3.05) is 6.61 Å². The minimum absolute atomic E-state index is 0.0666. The van der Waals surface area contributed by atoms with Crippen LogP contribution in [0.5, 0.6) is 0 Å². The van der Waals surface area contributed by atoms with Gasteiger partial charge in [0.05, 0.1) is 11.2 Å². The summed E-state index contributed by atoms with van der Waals surface area (Å²) >= 11 is 0. The Balaban J connectivity index is 2.35. The third kappa shape index (κ3) is 5.41. The number of rotatable bonds is 8. The second-order valence-electron chi connectivity index (χ2n) is 12.2. The highest BCUT2D eigenvalue weighted by Gasteiger charge is 2.54. The Morgan fingerprint density at radius 2 is 1.59 bits per heavy atom. The standard InChI is InChI=1S/C26H46BNO3Si/c1-19-15-13-14-16-21(19)26(10,28)22(17-18-29-32(11,12)23(3,4)5)20(2)27-30-24(6,7)25(8,9)31-27/h13-16,22H,2,17-18,28H2,1,3-12H3/t22-,26-/m0/s1. The van der Waals surface area contributed by atoms with Gasteiger partial charge in [0.15, 0.2) is 8.32 Å². The van der Waals surface area contributed by atoms with Crippen molar-refractivity contribution < 1.29 is 13.7 Å². The molecule has 32 heavy (non-hydrogen) atoms. The summed E-state index contributed by atoms with van der Waals surface area (Å²) < 4.78 is 19.3. The van der Waals surface area contributed by atoms with Gasteiger partial charge in [0.2, 0.25) is 0 Å². The number of benzene rings is 1. The Kier molecular flexibility index (Phi) is 7.71. The van der Waals surface area contributed by atoms with Gasteiger partial charge in [-0.3, -0.25) is 0 Å². The molecule has 0 saturated carbocycles. The SMILES string of the molecule is C=C(B1OC(C)(C)C(C)(C)O1)[C@H](CCO[Si](C)(C)C(C)(C)C)[C@@](C)(N)c1ccccc1C.